The summed E-state index contributed by atoms with van der Waals surface area (Å²) in [6.45, 7) is 3.09. The molecule has 3 aromatic rings. The van der Waals surface area contributed by atoms with Crippen LogP contribution in [0, 0.1) is 5.92 Å². The number of hydrogen-bond acceptors (Lipinski definition) is 6. The standard InChI is InChI=1S/C29H30N2O6/c1-3-31(21-7-5-4-6-8-21)26(32)17-30-16-23(20-11-14-24-25(15-20)37-18-36-24)27(29(33)34)28(30)19-9-12-22(35-2)13-10-19/h4-15,23,27-28H,3,16-18H2,1-2H3,(H,33,34). The van der Waals surface area contributed by atoms with Crippen molar-refractivity contribution in [1.29, 1.82) is 0 Å². The molecule has 3 aromatic carbocycles. The topological polar surface area (TPSA) is 88.5 Å². The highest BCUT2D eigenvalue weighted by Gasteiger charge is 2.48. The van der Waals surface area contributed by atoms with Gasteiger partial charge in [-0.05, 0) is 54.4 Å². The second kappa shape index (κ2) is 10.5. The molecule has 0 spiro atoms. The fourth-order valence-corrected chi connectivity index (χ4v) is 5.44. The maximum Gasteiger partial charge on any atom is 0.309 e. The van der Waals surface area contributed by atoms with Crippen molar-refractivity contribution < 1.29 is 28.9 Å². The third-order valence-corrected chi connectivity index (χ3v) is 7.19. The number of carboxylic acids is 1. The minimum Gasteiger partial charge on any atom is -0.497 e. The number of carbonyl (C=O) groups is 2. The average Bonchev–Trinajstić information content (AvgIpc) is 3.54. The Morgan fingerprint density at radius 1 is 1.00 bits per heavy atom. The Kier molecular flexibility index (Phi) is 7.01. The number of hydrogen-bond donors (Lipinski definition) is 1. The molecule has 8 heteroatoms. The molecule has 0 bridgehead atoms. The number of nitrogens with zero attached hydrogens (tertiary/aromatic N) is 2. The summed E-state index contributed by atoms with van der Waals surface area (Å²) >= 11 is 0. The van der Waals surface area contributed by atoms with Crippen molar-refractivity contribution in [1.82, 2.24) is 4.90 Å². The van der Waals surface area contributed by atoms with Crippen LogP contribution in [0.5, 0.6) is 17.2 Å². The van der Waals surface area contributed by atoms with Crippen molar-refractivity contribution in [3.63, 3.8) is 0 Å². The van der Waals surface area contributed by atoms with E-state index in [4.69, 9.17) is 14.2 Å². The lowest BCUT2D eigenvalue weighted by molar-refractivity contribution is -0.143. The van der Waals surface area contributed by atoms with Crippen molar-refractivity contribution in [3.05, 3.63) is 83.9 Å². The molecular weight excluding hydrogens is 472 g/mol. The van der Waals surface area contributed by atoms with Gasteiger partial charge in [-0.15, -0.1) is 0 Å². The number of likely N-dealkylation sites (tertiary alicyclic amines) is 1. The molecule has 1 saturated heterocycles. The third kappa shape index (κ3) is 4.84. The van der Waals surface area contributed by atoms with Crippen LogP contribution in [0.1, 0.15) is 30.0 Å². The monoisotopic (exact) mass is 502 g/mol. The van der Waals surface area contributed by atoms with Crippen molar-refractivity contribution in [2.24, 2.45) is 5.92 Å². The molecule has 2 heterocycles. The van der Waals surface area contributed by atoms with Crippen molar-refractivity contribution in [2.45, 2.75) is 18.9 Å². The van der Waals surface area contributed by atoms with Crippen LogP contribution in [-0.4, -0.2) is 55.4 Å². The highest BCUT2D eigenvalue weighted by atomic mass is 16.7. The van der Waals surface area contributed by atoms with Crippen LogP contribution in [-0.2, 0) is 9.59 Å². The van der Waals surface area contributed by atoms with Gasteiger partial charge in [0.2, 0.25) is 12.7 Å². The van der Waals surface area contributed by atoms with Crippen LogP contribution in [0.4, 0.5) is 5.69 Å². The molecule has 1 N–H and O–H groups in total. The van der Waals surface area contributed by atoms with E-state index >= 15 is 0 Å². The minimum absolute atomic E-state index is 0.0808. The van der Waals surface area contributed by atoms with Gasteiger partial charge in [0.05, 0.1) is 19.6 Å². The maximum atomic E-state index is 13.6. The van der Waals surface area contributed by atoms with Crippen LogP contribution < -0.4 is 19.1 Å². The first kappa shape index (κ1) is 24.6. The van der Waals surface area contributed by atoms with E-state index in [2.05, 4.69) is 0 Å². The van der Waals surface area contributed by atoms with Gasteiger partial charge < -0.3 is 24.2 Å². The quantitative estimate of drug-likeness (QED) is 0.491. The molecule has 5 rings (SSSR count). The number of para-hydroxylation sites is 1. The Hall–Kier alpha value is -4.04. The smallest absolute Gasteiger partial charge is 0.309 e. The molecule has 37 heavy (non-hydrogen) atoms. The van der Waals surface area contributed by atoms with E-state index < -0.39 is 17.9 Å². The summed E-state index contributed by atoms with van der Waals surface area (Å²) in [6, 6.07) is 22.0. The molecule has 0 saturated carbocycles. The number of likely N-dealkylation sites (N-methyl/N-ethyl adjacent to an activating group) is 1. The van der Waals surface area contributed by atoms with Gasteiger partial charge in [-0.2, -0.15) is 0 Å². The predicted molar refractivity (Wildman–Crippen MR) is 138 cm³/mol. The average molecular weight is 503 g/mol. The summed E-state index contributed by atoms with van der Waals surface area (Å²) in [5.41, 5.74) is 2.49. The third-order valence-electron chi connectivity index (χ3n) is 7.19. The molecule has 0 radical (unpaired) electrons. The van der Waals surface area contributed by atoms with E-state index in [1.807, 2.05) is 84.6 Å². The van der Waals surface area contributed by atoms with Crippen LogP contribution in [0.2, 0.25) is 0 Å². The SMILES string of the molecule is CCN(C(=O)CN1CC(c2ccc3c(c2)OCO3)C(C(=O)O)C1c1ccc(OC)cc1)c1ccccc1. The van der Waals surface area contributed by atoms with E-state index in [0.717, 1.165) is 16.8 Å². The summed E-state index contributed by atoms with van der Waals surface area (Å²) in [5.74, 6) is -0.166. The number of carbonyl (C=O) groups excluding carboxylic acids is 1. The van der Waals surface area contributed by atoms with E-state index in [1.54, 1.807) is 12.0 Å². The lowest BCUT2D eigenvalue weighted by Crippen LogP contribution is -2.41. The summed E-state index contributed by atoms with van der Waals surface area (Å²) < 4.78 is 16.3. The van der Waals surface area contributed by atoms with E-state index in [-0.39, 0.29) is 25.2 Å². The van der Waals surface area contributed by atoms with Crippen LogP contribution in [0.25, 0.3) is 0 Å². The molecule has 192 valence electrons. The largest absolute Gasteiger partial charge is 0.497 e. The Bertz CT molecular complexity index is 1260. The lowest BCUT2D eigenvalue weighted by atomic mass is 9.82. The second-order valence-electron chi connectivity index (χ2n) is 9.20. The number of methoxy groups -OCH3 is 1. The zero-order valence-electron chi connectivity index (χ0n) is 20.9. The maximum absolute atomic E-state index is 13.6. The van der Waals surface area contributed by atoms with Crippen molar-refractivity contribution in [2.75, 3.05) is 38.4 Å². The molecular formula is C29H30N2O6. The highest BCUT2D eigenvalue weighted by molar-refractivity contribution is 5.94. The minimum atomic E-state index is -0.908. The van der Waals surface area contributed by atoms with Gasteiger partial charge in [-0.25, -0.2) is 0 Å². The molecule has 3 unspecified atom stereocenters. The van der Waals surface area contributed by atoms with Crippen LogP contribution in [0.3, 0.4) is 0 Å². The summed E-state index contributed by atoms with van der Waals surface area (Å²) in [4.78, 5) is 30.0. The number of benzene rings is 3. The Morgan fingerprint density at radius 3 is 2.38 bits per heavy atom. The first-order chi connectivity index (χ1) is 18.0. The van der Waals surface area contributed by atoms with E-state index in [1.165, 1.54) is 0 Å². The summed E-state index contributed by atoms with van der Waals surface area (Å²) in [6.07, 6.45) is 0. The summed E-state index contributed by atoms with van der Waals surface area (Å²) in [5, 5.41) is 10.5. The number of rotatable bonds is 8. The zero-order chi connectivity index (χ0) is 25.9. The molecule has 8 nitrogen and oxygen atoms in total. The first-order valence-corrected chi connectivity index (χ1v) is 12.4. The number of aliphatic carboxylic acids is 1. The molecule has 2 aliphatic rings. The van der Waals surface area contributed by atoms with Gasteiger partial charge in [0.15, 0.2) is 11.5 Å². The fourth-order valence-electron chi connectivity index (χ4n) is 5.44. The Labute approximate surface area is 216 Å². The van der Waals surface area contributed by atoms with Crippen molar-refractivity contribution >= 4 is 17.6 Å². The van der Waals surface area contributed by atoms with Crippen LogP contribution in [0.15, 0.2) is 72.8 Å². The Balaban J connectivity index is 1.51. The first-order valence-electron chi connectivity index (χ1n) is 12.4. The molecule has 0 aromatic heterocycles. The van der Waals surface area contributed by atoms with E-state index in [9.17, 15) is 14.7 Å². The Morgan fingerprint density at radius 2 is 1.70 bits per heavy atom. The summed E-state index contributed by atoms with van der Waals surface area (Å²) in [7, 11) is 1.59. The molecule has 1 amide bonds. The normalized spacial score (nSPS) is 20.5. The van der Waals surface area contributed by atoms with Crippen LogP contribution >= 0.6 is 0 Å². The van der Waals surface area contributed by atoms with Gasteiger partial charge in [0.25, 0.3) is 0 Å². The number of amides is 1. The van der Waals surface area contributed by atoms with Crippen molar-refractivity contribution in [3.8, 4) is 17.2 Å². The number of ether oxygens (including phenoxy) is 3. The zero-order valence-corrected chi connectivity index (χ0v) is 20.9. The van der Waals surface area contributed by atoms with Gasteiger partial charge in [-0.3, -0.25) is 14.5 Å². The predicted octanol–water partition coefficient (Wildman–Crippen LogP) is 4.32. The fraction of sp³-hybridized carbons (Fsp3) is 0.310. The number of fused-ring (bicyclic) bond motifs is 1. The van der Waals surface area contributed by atoms with Gasteiger partial charge in [0, 0.05) is 30.7 Å². The lowest BCUT2D eigenvalue weighted by Gasteiger charge is -2.29. The molecule has 1 fully saturated rings. The van der Waals surface area contributed by atoms with E-state index in [0.29, 0.717) is 30.3 Å². The number of carboxylic acid groups (broad SMARTS) is 1. The number of anilines is 1. The van der Waals surface area contributed by atoms with Gasteiger partial charge >= 0.3 is 5.97 Å². The van der Waals surface area contributed by atoms with Gasteiger partial charge in [0.1, 0.15) is 5.75 Å². The van der Waals surface area contributed by atoms with Gasteiger partial charge in [-0.1, -0.05) is 36.4 Å². The molecule has 3 atom stereocenters. The molecule has 2 aliphatic heterocycles. The molecule has 0 aliphatic carbocycles. The highest BCUT2D eigenvalue weighted by Crippen LogP contribution is 2.47. The second-order valence-corrected chi connectivity index (χ2v) is 9.20.